The van der Waals surface area contributed by atoms with Crippen LogP contribution in [0.3, 0.4) is 0 Å². The Balaban J connectivity index is 1.25. The summed E-state index contributed by atoms with van der Waals surface area (Å²) in [5.74, 6) is 0.902. The Morgan fingerprint density at radius 2 is 1.84 bits per heavy atom. The number of alkyl halides is 3. The second kappa shape index (κ2) is 8.56. The number of carbonyl (C=O) groups is 1. The largest absolute Gasteiger partial charge is 0.573 e. The highest BCUT2D eigenvalue weighted by Gasteiger charge is 2.31. The maximum absolute atomic E-state index is 12.2. The maximum atomic E-state index is 12.2. The molecule has 0 atom stereocenters. The molecule has 2 heterocycles. The van der Waals surface area contributed by atoms with E-state index in [4.69, 9.17) is 18.7 Å². The third-order valence-corrected chi connectivity index (χ3v) is 4.07. The van der Waals surface area contributed by atoms with Crippen LogP contribution in [0.15, 0.2) is 53.1 Å². The van der Waals surface area contributed by atoms with E-state index in [0.29, 0.717) is 28.6 Å². The van der Waals surface area contributed by atoms with Gasteiger partial charge in [-0.2, -0.15) is 0 Å². The van der Waals surface area contributed by atoms with Crippen LogP contribution in [0.4, 0.5) is 18.9 Å². The van der Waals surface area contributed by atoms with Gasteiger partial charge in [-0.1, -0.05) is 5.16 Å². The second-order valence-electron chi connectivity index (χ2n) is 6.36. The summed E-state index contributed by atoms with van der Waals surface area (Å²) in [6.45, 7) is -0.0886. The van der Waals surface area contributed by atoms with E-state index < -0.39 is 12.3 Å². The molecule has 0 unspecified atom stereocenters. The summed E-state index contributed by atoms with van der Waals surface area (Å²) < 4.78 is 61.4. The van der Waals surface area contributed by atoms with Crippen LogP contribution in [0.2, 0.25) is 0 Å². The number of amides is 1. The van der Waals surface area contributed by atoms with Crippen molar-refractivity contribution in [2.24, 2.45) is 0 Å². The Kier molecular flexibility index (Phi) is 5.67. The summed E-state index contributed by atoms with van der Waals surface area (Å²) in [4.78, 5) is 11.9. The van der Waals surface area contributed by atoms with Crippen LogP contribution in [-0.4, -0.2) is 30.8 Å². The molecule has 0 saturated carbocycles. The second-order valence-corrected chi connectivity index (χ2v) is 6.36. The van der Waals surface area contributed by atoms with Crippen LogP contribution in [-0.2, 0) is 16.1 Å². The molecule has 1 N–H and O–H groups in total. The lowest BCUT2D eigenvalue weighted by Crippen LogP contribution is -2.19. The van der Waals surface area contributed by atoms with Crippen molar-refractivity contribution in [3.63, 3.8) is 0 Å². The highest BCUT2D eigenvalue weighted by atomic mass is 19.4. The lowest BCUT2D eigenvalue weighted by molar-refractivity contribution is -0.274. The highest BCUT2D eigenvalue weighted by molar-refractivity contribution is 5.91. The van der Waals surface area contributed by atoms with Crippen molar-refractivity contribution in [1.82, 2.24) is 5.16 Å². The molecule has 3 aromatic rings. The topological polar surface area (TPSA) is 92.1 Å². The molecule has 4 rings (SSSR count). The number of carbonyl (C=O) groups excluding carboxylic acids is 1. The molecule has 0 bridgehead atoms. The van der Waals surface area contributed by atoms with E-state index in [-0.39, 0.29) is 25.8 Å². The molecule has 1 aliphatic rings. The summed E-state index contributed by atoms with van der Waals surface area (Å²) in [6, 6.07) is 11.8. The summed E-state index contributed by atoms with van der Waals surface area (Å²) >= 11 is 0. The Morgan fingerprint density at radius 3 is 2.61 bits per heavy atom. The first kappa shape index (κ1) is 20.5. The minimum Gasteiger partial charge on any atom is -0.454 e. The first-order valence-electron chi connectivity index (χ1n) is 8.95. The fraction of sp³-hybridized carbons (Fsp3) is 0.200. The minimum atomic E-state index is -4.78. The van der Waals surface area contributed by atoms with E-state index >= 15 is 0 Å². The molecule has 1 aromatic heterocycles. The molecule has 1 aliphatic heterocycles. The van der Waals surface area contributed by atoms with Gasteiger partial charge in [-0.05, 0) is 42.5 Å². The zero-order valence-corrected chi connectivity index (χ0v) is 15.8. The van der Waals surface area contributed by atoms with Crippen LogP contribution in [0.25, 0.3) is 11.3 Å². The van der Waals surface area contributed by atoms with Crippen molar-refractivity contribution in [1.29, 1.82) is 0 Å². The summed E-state index contributed by atoms with van der Waals surface area (Å²) in [6.07, 6.45) is -4.78. The molecule has 0 fully saturated rings. The molecule has 0 radical (unpaired) electrons. The maximum Gasteiger partial charge on any atom is 0.573 e. The Morgan fingerprint density at radius 1 is 1.06 bits per heavy atom. The van der Waals surface area contributed by atoms with Gasteiger partial charge in [-0.3, -0.25) is 4.79 Å². The monoisotopic (exact) mass is 436 g/mol. The van der Waals surface area contributed by atoms with E-state index in [1.807, 2.05) is 0 Å². The van der Waals surface area contributed by atoms with Gasteiger partial charge in [0.1, 0.15) is 18.1 Å². The minimum absolute atomic E-state index is 0.0276. The Hall–Kier alpha value is -3.73. The molecule has 31 heavy (non-hydrogen) atoms. The smallest absolute Gasteiger partial charge is 0.454 e. The molecule has 1 amide bonds. The van der Waals surface area contributed by atoms with E-state index in [0.717, 1.165) is 17.7 Å². The molecule has 11 heteroatoms. The number of hydrogen-bond donors (Lipinski definition) is 1. The third-order valence-electron chi connectivity index (χ3n) is 4.07. The number of anilines is 1. The molecular weight excluding hydrogens is 421 g/mol. The number of benzene rings is 2. The van der Waals surface area contributed by atoms with Crippen molar-refractivity contribution in [2.45, 2.75) is 13.0 Å². The normalized spacial score (nSPS) is 12.6. The molecular formula is C20H15F3N2O6. The van der Waals surface area contributed by atoms with Gasteiger partial charge < -0.3 is 28.8 Å². The number of rotatable bonds is 7. The average Bonchev–Trinajstić information content (AvgIpc) is 3.37. The van der Waals surface area contributed by atoms with Crippen LogP contribution in [0.1, 0.15) is 5.69 Å². The number of nitrogens with one attached hydrogen (secondary N) is 1. The average molecular weight is 436 g/mol. The molecule has 0 saturated heterocycles. The van der Waals surface area contributed by atoms with Crippen molar-refractivity contribution < 1.29 is 41.4 Å². The van der Waals surface area contributed by atoms with Crippen molar-refractivity contribution in [3.05, 3.63) is 54.2 Å². The zero-order chi connectivity index (χ0) is 21.8. The third kappa shape index (κ3) is 5.45. The van der Waals surface area contributed by atoms with Crippen LogP contribution < -0.4 is 19.5 Å². The number of halogens is 3. The molecule has 0 aliphatic carbocycles. The van der Waals surface area contributed by atoms with Crippen LogP contribution >= 0.6 is 0 Å². The van der Waals surface area contributed by atoms with Crippen molar-refractivity contribution in [2.75, 3.05) is 18.7 Å². The van der Waals surface area contributed by atoms with Gasteiger partial charge in [0.2, 0.25) is 12.7 Å². The van der Waals surface area contributed by atoms with Gasteiger partial charge in [0, 0.05) is 17.3 Å². The quantitative estimate of drug-likeness (QED) is 0.596. The lowest BCUT2D eigenvalue weighted by Gasteiger charge is -2.10. The molecule has 0 spiro atoms. The Bertz CT molecular complexity index is 1070. The number of hydrogen-bond acceptors (Lipinski definition) is 7. The number of nitrogens with zero attached hydrogens (tertiary/aromatic N) is 1. The van der Waals surface area contributed by atoms with E-state index in [9.17, 15) is 18.0 Å². The molecule has 8 nitrogen and oxygen atoms in total. The van der Waals surface area contributed by atoms with Gasteiger partial charge in [-0.15, -0.1) is 13.2 Å². The molecule has 162 valence electrons. The fourth-order valence-electron chi connectivity index (χ4n) is 2.75. The first-order valence-corrected chi connectivity index (χ1v) is 8.95. The zero-order valence-electron chi connectivity index (χ0n) is 15.8. The fourth-order valence-corrected chi connectivity index (χ4v) is 2.75. The summed E-state index contributed by atoms with van der Waals surface area (Å²) in [5, 5.41) is 6.40. The van der Waals surface area contributed by atoms with Gasteiger partial charge in [0.25, 0.3) is 0 Å². The number of ether oxygens (including phenoxy) is 4. The SMILES string of the molecule is O=C(COCc1cc(-c2ccc3c(c2)OCO3)on1)Nc1ccc(OC(F)(F)F)cc1. The van der Waals surface area contributed by atoms with Gasteiger partial charge >= 0.3 is 6.36 Å². The van der Waals surface area contributed by atoms with Gasteiger partial charge in [0.15, 0.2) is 17.3 Å². The van der Waals surface area contributed by atoms with Gasteiger partial charge in [-0.25, -0.2) is 0 Å². The predicted molar refractivity (Wildman–Crippen MR) is 99.5 cm³/mol. The van der Waals surface area contributed by atoms with Gasteiger partial charge in [0.05, 0.1) is 6.61 Å². The summed E-state index contributed by atoms with van der Waals surface area (Å²) in [7, 11) is 0. The van der Waals surface area contributed by atoms with E-state index in [1.165, 1.54) is 12.1 Å². The number of fused-ring (bicyclic) bond motifs is 1. The summed E-state index contributed by atoms with van der Waals surface area (Å²) in [5.41, 5.74) is 1.53. The van der Waals surface area contributed by atoms with Crippen LogP contribution in [0.5, 0.6) is 17.2 Å². The lowest BCUT2D eigenvalue weighted by atomic mass is 10.1. The van der Waals surface area contributed by atoms with Crippen LogP contribution in [0, 0.1) is 0 Å². The first-order chi connectivity index (χ1) is 14.9. The van der Waals surface area contributed by atoms with Crippen molar-refractivity contribution >= 4 is 11.6 Å². The van der Waals surface area contributed by atoms with E-state index in [2.05, 4.69) is 15.2 Å². The standard InChI is InChI=1S/C20H15F3N2O6/c21-20(22,23)30-15-4-2-13(3-5-15)24-19(26)10-27-9-14-8-17(31-25-14)12-1-6-16-18(7-12)29-11-28-16/h1-8H,9-11H2,(H,24,26). The molecule has 2 aromatic carbocycles. The van der Waals surface area contributed by atoms with Crippen molar-refractivity contribution in [3.8, 4) is 28.6 Å². The predicted octanol–water partition coefficient (Wildman–Crippen LogP) is 4.12. The van der Waals surface area contributed by atoms with E-state index in [1.54, 1.807) is 24.3 Å². The number of aromatic nitrogens is 1. The Labute approximate surface area is 173 Å². The highest BCUT2D eigenvalue weighted by Crippen LogP contribution is 2.36.